The van der Waals surface area contributed by atoms with E-state index in [0.717, 1.165) is 17.8 Å². The van der Waals surface area contributed by atoms with Gasteiger partial charge in [0, 0.05) is 30.7 Å². The Labute approximate surface area is 89.2 Å². The van der Waals surface area contributed by atoms with Gasteiger partial charge >= 0.3 is 0 Å². The Balaban J connectivity index is 2.33. The lowest BCUT2D eigenvalue weighted by molar-refractivity contribution is 0.813. The minimum Gasteiger partial charge on any atom is -0.316 e. The maximum absolute atomic E-state index is 4.29. The van der Waals surface area contributed by atoms with E-state index in [2.05, 4.69) is 21.4 Å². The molecule has 1 N–H and O–H groups in total. The van der Waals surface area contributed by atoms with E-state index in [0.29, 0.717) is 0 Å². The molecule has 0 atom stereocenters. The quantitative estimate of drug-likeness (QED) is 0.820. The third-order valence-corrected chi connectivity index (χ3v) is 2.14. The molecule has 3 heteroatoms. The van der Waals surface area contributed by atoms with Crippen LogP contribution in [0.1, 0.15) is 5.56 Å². The second-order valence-electron chi connectivity index (χ2n) is 3.33. The Kier molecular flexibility index (Phi) is 3.05. The molecule has 0 radical (unpaired) electrons. The van der Waals surface area contributed by atoms with E-state index in [4.69, 9.17) is 0 Å². The molecule has 0 aliphatic carbocycles. The summed E-state index contributed by atoms with van der Waals surface area (Å²) in [5.74, 6) is 0. The highest BCUT2D eigenvalue weighted by molar-refractivity contribution is 5.58. The molecule has 0 aliphatic heterocycles. The molecular weight excluding hydrogens is 186 g/mol. The highest BCUT2D eigenvalue weighted by Crippen LogP contribution is 2.15. The summed E-state index contributed by atoms with van der Waals surface area (Å²) in [4.78, 5) is 8.49. The molecule has 2 rings (SSSR count). The average molecular weight is 199 g/mol. The number of hydrogen-bond donors (Lipinski definition) is 1. The fourth-order valence-electron chi connectivity index (χ4n) is 1.46. The van der Waals surface area contributed by atoms with Gasteiger partial charge in [0.1, 0.15) is 0 Å². The Bertz CT molecular complexity index is 426. The van der Waals surface area contributed by atoms with Gasteiger partial charge in [-0.25, -0.2) is 0 Å². The molecule has 15 heavy (non-hydrogen) atoms. The zero-order chi connectivity index (χ0) is 10.5. The first-order chi connectivity index (χ1) is 7.40. The number of nitrogens with zero attached hydrogens (tertiary/aromatic N) is 2. The van der Waals surface area contributed by atoms with Gasteiger partial charge in [-0.15, -0.1) is 0 Å². The van der Waals surface area contributed by atoms with E-state index >= 15 is 0 Å². The summed E-state index contributed by atoms with van der Waals surface area (Å²) < 4.78 is 0. The normalized spacial score (nSPS) is 10.2. The molecule has 0 aromatic carbocycles. The highest BCUT2D eigenvalue weighted by Gasteiger charge is 1.99. The summed E-state index contributed by atoms with van der Waals surface area (Å²) in [5.41, 5.74) is 3.19. The van der Waals surface area contributed by atoms with Crippen LogP contribution in [0.4, 0.5) is 0 Å². The van der Waals surface area contributed by atoms with Gasteiger partial charge in [0.15, 0.2) is 0 Å². The fourth-order valence-corrected chi connectivity index (χ4v) is 1.46. The average Bonchev–Trinajstić information content (AvgIpc) is 2.31. The summed E-state index contributed by atoms with van der Waals surface area (Å²) in [6.07, 6.45) is 5.49. The molecule has 2 aromatic rings. The molecule has 76 valence electrons. The summed E-state index contributed by atoms with van der Waals surface area (Å²) in [5, 5.41) is 3.10. The Morgan fingerprint density at radius 3 is 2.93 bits per heavy atom. The SMILES string of the molecule is CNCc1cncc(-c2ccccn2)c1. The molecule has 3 nitrogen and oxygen atoms in total. The van der Waals surface area contributed by atoms with Crippen LogP contribution < -0.4 is 5.32 Å². The molecule has 0 unspecified atom stereocenters. The lowest BCUT2D eigenvalue weighted by Gasteiger charge is -2.03. The van der Waals surface area contributed by atoms with Crippen molar-refractivity contribution in [2.75, 3.05) is 7.05 Å². The fraction of sp³-hybridized carbons (Fsp3) is 0.167. The molecule has 2 heterocycles. The van der Waals surface area contributed by atoms with Gasteiger partial charge in [0.05, 0.1) is 5.69 Å². The lowest BCUT2D eigenvalue weighted by atomic mass is 10.1. The first kappa shape index (κ1) is 9.80. The van der Waals surface area contributed by atoms with Crippen LogP contribution >= 0.6 is 0 Å². The van der Waals surface area contributed by atoms with Crippen LogP contribution in [0, 0.1) is 0 Å². The van der Waals surface area contributed by atoms with Gasteiger partial charge in [-0.3, -0.25) is 9.97 Å². The third kappa shape index (κ3) is 2.39. The maximum atomic E-state index is 4.29. The smallest absolute Gasteiger partial charge is 0.0717 e. The van der Waals surface area contributed by atoms with Crippen molar-refractivity contribution in [2.24, 2.45) is 0 Å². The minimum absolute atomic E-state index is 0.827. The monoisotopic (exact) mass is 199 g/mol. The molecular formula is C12H13N3. The molecule has 2 aromatic heterocycles. The van der Waals surface area contributed by atoms with Crippen LogP contribution in [0.5, 0.6) is 0 Å². The Morgan fingerprint density at radius 1 is 1.27 bits per heavy atom. The first-order valence-electron chi connectivity index (χ1n) is 4.90. The molecule has 0 amide bonds. The molecule has 0 aliphatic rings. The van der Waals surface area contributed by atoms with Crippen molar-refractivity contribution in [3.63, 3.8) is 0 Å². The Morgan fingerprint density at radius 2 is 2.20 bits per heavy atom. The van der Waals surface area contributed by atoms with Gasteiger partial charge in [0.25, 0.3) is 0 Å². The first-order valence-corrected chi connectivity index (χ1v) is 4.90. The van der Waals surface area contributed by atoms with E-state index in [1.165, 1.54) is 5.56 Å². The number of aromatic nitrogens is 2. The minimum atomic E-state index is 0.827. The lowest BCUT2D eigenvalue weighted by Crippen LogP contribution is -2.05. The number of pyridine rings is 2. The maximum Gasteiger partial charge on any atom is 0.0717 e. The van der Waals surface area contributed by atoms with E-state index in [1.54, 1.807) is 6.20 Å². The summed E-state index contributed by atoms with van der Waals surface area (Å²) in [7, 11) is 1.92. The standard InChI is InChI=1S/C12H13N3/c1-13-7-10-6-11(9-14-8-10)12-4-2-3-5-15-12/h2-6,8-9,13H,7H2,1H3. The van der Waals surface area contributed by atoms with Crippen molar-refractivity contribution in [3.05, 3.63) is 48.4 Å². The predicted molar refractivity (Wildman–Crippen MR) is 60.2 cm³/mol. The number of nitrogens with one attached hydrogen (secondary N) is 1. The number of rotatable bonds is 3. The van der Waals surface area contributed by atoms with Crippen LogP contribution in [0.15, 0.2) is 42.9 Å². The Hall–Kier alpha value is -1.74. The van der Waals surface area contributed by atoms with Gasteiger partial charge in [-0.05, 0) is 30.8 Å². The third-order valence-electron chi connectivity index (χ3n) is 2.14. The van der Waals surface area contributed by atoms with Crippen LogP contribution in [-0.2, 0) is 6.54 Å². The molecule has 0 bridgehead atoms. The summed E-state index contributed by atoms with van der Waals surface area (Å²) in [6.45, 7) is 0.827. The van der Waals surface area contributed by atoms with E-state index in [9.17, 15) is 0 Å². The zero-order valence-corrected chi connectivity index (χ0v) is 8.64. The van der Waals surface area contributed by atoms with Gasteiger partial charge in [0.2, 0.25) is 0 Å². The highest BCUT2D eigenvalue weighted by atomic mass is 14.8. The van der Waals surface area contributed by atoms with Crippen LogP contribution in [-0.4, -0.2) is 17.0 Å². The molecule has 0 fully saturated rings. The van der Waals surface area contributed by atoms with Gasteiger partial charge in [-0.2, -0.15) is 0 Å². The van der Waals surface area contributed by atoms with Crippen molar-refractivity contribution >= 4 is 0 Å². The van der Waals surface area contributed by atoms with Crippen molar-refractivity contribution in [3.8, 4) is 11.3 Å². The van der Waals surface area contributed by atoms with Crippen molar-refractivity contribution in [1.29, 1.82) is 0 Å². The number of hydrogen-bond acceptors (Lipinski definition) is 3. The van der Waals surface area contributed by atoms with Gasteiger partial charge < -0.3 is 5.32 Å². The largest absolute Gasteiger partial charge is 0.316 e. The van der Waals surface area contributed by atoms with Gasteiger partial charge in [-0.1, -0.05) is 6.07 Å². The van der Waals surface area contributed by atoms with E-state index < -0.39 is 0 Å². The second-order valence-corrected chi connectivity index (χ2v) is 3.33. The summed E-state index contributed by atoms with van der Waals surface area (Å²) >= 11 is 0. The topological polar surface area (TPSA) is 37.8 Å². The van der Waals surface area contributed by atoms with Crippen LogP contribution in [0.25, 0.3) is 11.3 Å². The molecule has 0 spiro atoms. The van der Waals surface area contributed by atoms with Crippen molar-refractivity contribution < 1.29 is 0 Å². The van der Waals surface area contributed by atoms with Crippen molar-refractivity contribution in [1.82, 2.24) is 15.3 Å². The van der Waals surface area contributed by atoms with Crippen molar-refractivity contribution in [2.45, 2.75) is 6.54 Å². The molecule has 0 saturated heterocycles. The zero-order valence-electron chi connectivity index (χ0n) is 8.64. The van der Waals surface area contributed by atoms with Crippen LogP contribution in [0.2, 0.25) is 0 Å². The van der Waals surface area contributed by atoms with E-state index in [1.807, 2.05) is 37.6 Å². The second kappa shape index (κ2) is 4.66. The predicted octanol–water partition coefficient (Wildman–Crippen LogP) is 1.86. The summed E-state index contributed by atoms with van der Waals surface area (Å²) in [6, 6.07) is 7.98. The molecule has 0 saturated carbocycles. The van der Waals surface area contributed by atoms with Crippen LogP contribution in [0.3, 0.4) is 0 Å². The van der Waals surface area contributed by atoms with E-state index in [-0.39, 0.29) is 0 Å².